The van der Waals surface area contributed by atoms with Gasteiger partial charge >= 0.3 is 0 Å². The predicted molar refractivity (Wildman–Crippen MR) is 71.0 cm³/mol. The highest BCUT2D eigenvalue weighted by molar-refractivity contribution is 5.96. The van der Waals surface area contributed by atoms with Crippen LogP contribution in [0.3, 0.4) is 0 Å². The summed E-state index contributed by atoms with van der Waals surface area (Å²) in [7, 11) is 0. The number of nitrogens with one attached hydrogen (secondary N) is 1. The molecule has 4 nitrogen and oxygen atoms in total. The third-order valence-electron chi connectivity index (χ3n) is 2.68. The van der Waals surface area contributed by atoms with Crippen molar-refractivity contribution in [3.63, 3.8) is 0 Å². The number of rotatable bonds is 3. The lowest BCUT2D eigenvalue weighted by atomic mass is 10.1. The van der Waals surface area contributed by atoms with Crippen LogP contribution in [0.1, 0.15) is 21.5 Å². The highest BCUT2D eigenvalue weighted by atomic mass is 16.1. The van der Waals surface area contributed by atoms with E-state index in [0.29, 0.717) is 17.8 Å². The molecular formula is C14H15N3O. The number of hydrogen-bond acceptors (Lipinski definition) is 3. The van der Waals surface area contributed by atoms with Crippen LogP contribution in [-0.2, 0) is 6.54 Å². The molecule has 0 atom stereocenters. The van der Waals surface area contributed by atoms with Gasteiger partial charge in [-0.1, -0.05) is 12.1 Å². The van der Waals surface area contributed by atoms with Gasteiger partial charge < -0.3 is 11.1 Å². The molecule has 4 heteroatoms. The Bertz CT molecular complexity index is 552. The molecule has 0 fully saturated rings. The molecule has 1 aromatic heterocycles. The number of benzene rings is 1. The first-order valence-corrected chi connectivity index (χ1v) is 5.70. The summed E-state index contributed by atoms with van der Waals surface area (Å²) in [4.78, 5) is 16.0. The number of amides is 1. The molecule has 2 rings (SSSR count). The molecule has 1 aromatic carbocycles. The van der Waals surface area contributed by atoms with Crippen LogP contribution >= 0.6 is 0 Å². The summed E-state index contributed by atoms with van der Waals surface area (Å²) in [5.74, 6) is -0.122. The maximum absolute atomic E-state index is 12.0. The van der Waals surface area contributed by atoms with Gasteiger partial charge in [0.2, 0.25) is 0 Å². The third-order valence-corrected chi connectivity index (χ3v) is 2.68. The van der Waals surface area contributed by atoms with Crippen molar-refractivity contribution >= 4 is 11.6 Å². The van der Waals surface area contributed by atoms with E-state index < -0.39 is 0 Å². The fourth-order valence-corrected chi connectivity index (χ4v) is 1.66. The molecule has 0 aliphatic carbocycles. The first-order chi connectivity index (χ1) is 8.66. The average Bonchev–Trinajstić information content (AvgIpc) is 2.40. The lowest BCUT2D eigenvalue weighted by Gasteiger charge is -2.08. The number of nitrogens with two attached hydrogens (primary N) is 1. The first-order valence-electron chi connectivity index (χ1n) is 5.70. The first kappa shape index (κ1) is 12.1. The van der Waals surface area contributed by atoms with E-state index in [2.05, 4.69) is 10.3 Å². The molecule has 1 heterocycles. The van der Waals surface area contributed by atoms with Gasteiger partial charge in [-0.25, -0.2) is 0 Å². The highest BCUT2D eigenvalue weighted by Crippen LogP contribution is 2.12. The summed E-state index contributed by atoms with van der Waals surface area (Å²) in [5.41, 5.74) is 8.76. The van der Waals surface area contributed by atoms with E-state index in [4.69, 9.17) is 5.73 Å². The lowest BCUT2D eigenvalue weighted by Crippen LogP contribution is -2.23. The summed E-state index contributed by atoms with van der Waals surface area (Å²) < 4.78 is 0. The number of aromatic nitrogens is 1. The van der Waals surface area contributed by atoms with Crippen LogP contribution in [0.2, 0.25) is 0 Å². The molecule has 1 amide bonds. The number of nitrogens with zero attached hydrogens (tertiary/aromatic N) is 1. The molecule has 0 unspecified atom stereocenters. The van der Waals surface area contributed by atoms with E-state index in [9.17, 15) is 4.79 Å². The Morgan fingerprint density at radius 2 is 2.22 bits per heavy atom. The number of aryl methyl sites for hydroxylation is 1. The summed E-state index contributed by atoms with van der Waals surface area (Å²) in [6.45, 7) is 2.35. The van der Waals surface area contributed by atoms with Crippen molar-refractivity contribution in [2.24, 2.45) is 0 Å². The van der Waals surface area contributed by atoms with Gasteiger partial charge in [-0.2, -0.15) is 0 Å². The van der Waals surface area contributed by atoms with Crippen molar-refractivity contribution < 1.29 is 4.79 Å². The Morgan fingerprint density at radius 1 is 1.39 bits per heavy atom. The van der Waals surface area contributed by atoms with Gasteiger partial charge in [0.05, 0.1) is 0 Å². The van der Waals surface area contributed by atoms with Gasteiger partial charge in [0, 0.05) is 30.2 Å². The molecule has 0 aliphatic rings. The van der Waals surface area contributed by atoms with Crippen LogP contribution in [0.4, 0.5) is 5.69 Å². The Labute approximate surface area is 106 Å². The van der Waals surface area contributed by atoms with Gasteiger partial charge in [0.25, 0.3) is 5.91 Å². The van der Waals surface area contributed by atoms with E-state index in [-0.39, 0.29) is 5.91 Å². The van der Waals surface area contributed by atoms with Gasteiger partial charge in [0.1, 0.15) is 0 Å². The van der Waals surface area contributed by atoms with Gasteiger partial charge in [0.15, 0.2) is 0 Å². The summed E-state index contributed by atoms with van der Waals surface area (Å²) in [6.07, 6.45) is 3.43. The second-order valence-electron chi connectivity index (χ2n) is 4.12. The van der Waals surface area contributed by atoms with Gasteiger partial charge in [-0.3, -0.25) is 9.78 Å². The molecule has 2 aromatic rings. The fourth-order valence-electron chi connectivity index (χ4n) is 1.66. The van der Waals surface area contributed by atoms with E-state index in [1.54, 1.807) is 24.5 Å². The minimum atomic E-state index is -0.122. The monoisotopic (exact) mass is 241 g/mol. The quantitative estimate of drug-likeness (QED) is 0.806. The fraction of sp³-hybridized carbons (Fsp3) is 0.143. The van der Waals surface area contributed by atoms with Crippen molar-refractivity contribution in [1.29, 1.82) is 0 Å². The van der Waals surface area contributed by atoms with E-state index in [1.807, 2.05) is 25.1 Å². The Kier molecular flexibility index (Phi) is 3.57. The lowest BCUT2D eigenvalue weighted by molar-refractivity contribution is 0.0950. The average molecular weight is 241 g/mol. The molecule has 18 heavy (non-hydrogen) atoms. The topological polar surface area (TPSA) is 68.0 Å². The minimum absolute atomic E-state index is 0.122. The summed E-state index contributed by atoms with van der Waals surface area (Å²) in [6, 6.07) is 9.07. The normalized spacial score (nSPS) is 10.1. The maximum Gasteiger partial charge on any atom is 0.251 e. The molecule has 0 bridgehead atoms. The van der Waals surface area contributed by atoms with E-state index in [0.717, 1.165) is 11.1 Å². The Balaban J connectivity index is 2.06. The minimum Gasteiger partial charge on any atom is -0.399 e. The molecule has 92 valence electrons. The van der Waals surface area contributed by atoms with Crippen LogP contribution in [0.15, 0.2) is 42.7 Å². The van der Waals surface area contributed by atoms with E-state index in [1.165, 1.54) is 0 Å². The smallest absolute Gasteiger partial charge is 0.251 e. The van der Waals surface area contributed by atoms with Crippen molar-refractivity contribution in [2.75, 3.05) is 5.73 Å². The van der Waals surface area contributed by atoms with Gasteiger partial charge in [-0.15, -0.1) is 0 Å². The SMILES string of the molecule is Cc1ccc(N)cc1C(=O)NCc1cccnc1. The maximum atomic E-state index is 12.0. The molecule has 0 aliphatic heterocycles. The number of anilines is 1. The molecule has 0 saturated heterocycles. The third kappa shape index (κ3) is 2.85. The van der Waals surface area contributed by atoms with Crippen molar-refractivity contribution in [3.8, 4) is 0 Å². The number of carbonyl (C=O) groups is 1. The zero-order valence-corrected chi connectivity index (χ0v) is 10.2. The largest absolute Gasteiger partial charge is 0.399 e. The zero-order valence-electron chi connectivity index (χ0n) is 10.2. The second kappa shape index (κ2) is 5.31. The Morgan fingerprint density at radius 3 is 2.94 bits per heavy atom. The highest BCUT2D eigenvalue weighted by Gasteiger charge is 2.08. The zero-order chi connectivity index (χ0) is 13.0. The Hall–Kier alpha value is -2.36. The van der Waals surface area contributed by atoms with Crippen LogP contribution in [0.5, 0.6) is 0 Å². The van der Waals surface area contributed by atoms with E-state index >= 15 is 0 Å². The molecule has 0 spiro atoms. The second-order valence-corrected chi connectivity index (χ2v) is 4.12. The van der Waals surface area contributed by atoms with Gasteiger partial charge in [-0.05, 0) is 36.2 Å². The van der Waals surface area contributed by atoms with Crippen molar-refractivity contribution in [2.45, 2.75) is 13.5 Å². The number of hydrogen-bond donors (Lipinski definition) is 2. The molecule has 3 N–H and O–H groups in total. The van der Waals surface area contributed by atoms with Crippen LogP contribution in [-0.4, -0.2) is 10.9 Å². The van der Waals surface area contributed by atoms with Crippen LogP contribution in [0, 0.1) is 6.92 Å². The van der Waals surface area contributed by atoms with Crippen LogP contribution < -0.4 is 11.1 Å². The molecule has 0 radical (unpaired) electrons. The number of nitrogen functional groups attached to an aromatic ring is 1. The standard InChI is InChI=1S/C14H15N3O/c1-10-4-5-12(15)7-13(10)14(18)17-9-11-3-2-6-16-8-11/h2-8H,9,15H2,1H3,(H,17,18). The number of carbonyl (C=O) groups excluding carboxylic acids is 1. The number of pyridine rings is 1. The van der Waals surface area contributed by atoms with Crippen molar-refractivity contribution in [1.82, 2.24) is 10.3 Å². The van der Waals surface area contributed by atoms with Crippen molar-refractivity contribution in [3.05, 3.63) is 59.4 Å². The molecule has 0 saturated carbocycles. The molecular weight excluding hydrogens is 226 g/mol. The predicted octanol–water partition coefficient (Wildman–Crippen LogP) is 1.90. The summed E-state index contributed by atoms with van der Waals surface area (Å²) >= 11 is 0. The van der Waals surface area contributed by atoms with Crippen LogP contribution in [0.25, 0.3) is 0 Å². The summed E-state index contributed by atoms with van der Waals surface area (Å²) in [5, 5.41) is 2.85.